The number of nitrogens with zero attached hydrogens (tertiary/aromatic N) is 1. The van der Waals surface area contributed by atoms with Crippen molar-refractivity contribution in [3.8, 4) is 0 Å². The molecular weight excluding hydrogens is 170 g/mol. The molecule has 0 radical (unpaired) electrons. The molecule has 0 aliphatic heterocycles. The number of hydrogen-bond acceptors (Lipinski definition) is 4. The first-order chi connectivity index (χ1) is 6.25. The lowest BCUT2D eigenvalue weighted by atomic mass is 9.96. The molecule has 0 spiro atoms. The Morgan fingerprint density at radius 3 is 2.92 bits per heavy atom. The summed E-state index contributed by atoms with van der Waals surface area (Å²) in [5, 5.41) is 0. The van der Waals surface area contributed by atoms with E-state index >= 15 is 0 Å². The van der Waals surface area contributed by atoms with Gasteiger partial charge in [-0.25, -0.2) is 9.78 Å². The summed E-state index contributed by atoms with van der Waals surface area (Å²) < 4.78 is 10.0. The molecule has 0 atom stereocenters. The number of aryl methyl sites for hydroxylation is 1. The average Bonchev–Trinajstić information content (AvgIpc) is 2.44. The molecule has 0 unspecified atom stereocenters. The molecule has 4 heteroatoms. The molecule has 1 aromatic rings. The van der Waals surface area contributed by atoms with Crippen LogP contribution in [0.2, 0.25) is 0 Å². The first-order valence-electron chi connectivity index (χ1n) is 4.39. The first kappa shape index (κ1) is 8.29. The zero-order valence-electron chi connectivity index (χ0n) is 7.45. The van der Waals surface area contributed by atoms with Crippen molar-refractivity contribution >= 4 is 5.97 Å². The van der Waals surface area contributed by atoms with Crippen LogP contribution in [0.25, 0.3) is 0 Å². The molecule has 0 aromatic carbocycles. The van der Waals surface area contributed by atoms with Crippen molar-refractivity contribution in [1.29, 1.82) is 0 Å². The smallest absolute Gasteiger partial charge is 0.360 e. The molecule has 13 heavy (non-hydrogen) atoms. The van der Waals surface area contributed by atoms with E-state index in [1.807, 2.05) is 0 Å². The van der Waals surface area contributed by atoms with Gasteiger partial charge in [-0.1, -0.05) is 0 Å². The van der Waals surface area contributed by atoms with E-state index in [4.69, 9.17) is 9.15 Å². The normalized spacial score (nSPS) is 16.7. The largest absolute Gasteiger partial charge is 0.458 e. The summed E-state index contributed by atoms with van der Waals surface area (Å²) in [6.07, 6.45) is 4.53. The molecular formula is C9H11NO3. The van der Waals surface area contributed by atoms with Crippen LogP contribution in [-0.4, -0.2) is 17.1 Å². The van der Waals surface area contributed by atoms with E-state index < -0.39 is 0 Å². The second kappa shape index (κ2) is 3.20. The summed E-state index contributed by atoms with van der Waals surface area (Å²) in [4.78, 5) is 15.2. The van der Waals surface area contributed by atoms with Crippen LogP contribution in [0.1, 0.15) is 35.6 Å². The van der Waals surface area contributed by atoms with Crippen LogP contribution in [0.15, 0.2) is 10.7 Å². The number of rotatable bonds is 2. The summed E-state index contributed by atoms with van der Waals surface area (Å²) >= 11 is 0. The van der Waals surface area contributed by atoms with Gasteiger partial charge in [0.05, 0.1) is 0 Å². The summed E-state index contributed by atoms with van der Waals surface area (Å²) in [5.41, 5.74) is 0.268. The van der Waals surface area contributed by atoms with Crippen molar-refractivity contribution in [2.45, 2.75) is 32.3 Å². The molecule has 1 fully saturated rings. The molecule has 1 saturated carbocycles. The Morgan fingerprint density at radius 2 is 2.46 bits per heavy atom. The van der Waals surface area contributed by atoms with Gasteiger partial charge in [0.1, 0.15) is 12.4 Å². The SMILES string of the molecule is Cc1nc(C(=O)OC2CCC2)co1. The van der Waals surface area contributed by atoms with Crippen molar-refractivity contribution in [3.63, 3.8) is 0 Å². The van der Waals surface area contributed by atoms with Gasteiger partial charge in [-0.2, -0.15) is 0 Å². The Hall–Kier alpha value is -1.32. The number of carbonyl (C=O) groups is 1. The Labute approximate surface area is 75.9 Å². The molecule has 1 aromatic heterocycles. The predicted molar refractivity (Wildman–Crippen MR) is 44.3 cm³/mol. The minimum Gasteiger partial charge on any atom is -0.458 e. The fourth-order valence-electron chi connectivity index (χ4n) is 1.16. The summed E-state index contributed by atoms with van der Waals surface area (Å²) in [6.45, 7) is 1.69. The molecule has 2 rings (SSSR count). The topological polar surface area (TPSA) is 52.3 Å². The Morgan fingerprint density at radius 1 is 1.69 bits per heavy atom. The molecule has 1 heterocycles. The second-order valence-corrected chi connectivity index (χ2v) is 3.21. The maximum atomic E-state index is 11.3. The lowest BCUT2D eigenvalue weighted by molar-refractivity contribution is 0.00836. The van der Waals surface area contributed by atoms with Gasteiger partial charge in [0.15, 0.2) is 11.6 Å². The van der Waals surface area contributed by atoms with E-state index in [-0.39, 0.29) is 17.8 Å². The molecule has 70 valence electrons. The minimum absolute atomic E-state index is 0.101. The molecule has 0 saturated heterocycles. The van der Waals surface area contributed by atoms with Crippen LogP contribution in [0.3, 0.4) is 0 Å². The third-order valence-corrected chi connectivity index (χ3v) is 2.15. The number of oxazole rings is 1. The number of esters is 1. The lowest BCUT2D eigenvalue weighted by Gasteiger charge is -2.24. The van der Waals surface area contributed by atoms with Crippen LogP contribution in [0.4, 0.5) is 0 Å². The van der Waals surface area contributed by atoms with Gasteiger partial charge in [0.25, 0.3) is 0 Å². The van der Waals surface area contributed by atoms with Crippen molar-refractivity contribution in [2.75, 3.05) is 0 Å². The van der Waals surface area contributed by atoms with Crippen molar-refractivity contribution < 1.29 is 13.9 Å². The van der Waals surface area contributed by atoms with Gasteiger partial charge in [-0.05, 0) is 19.3 Å². The third-order valence-electron chi connectivity index (χ3n) is 2.15. The fourth-order valence-corrected chi connectivity index (χ4v) is 1.16. The fraction of sp³-hybridized carbons (Fsp3) is 0.556. The number of hydrogen-bond donors (Lipinski definition) is 0. The van der Waals surface area contributed by atoms with Gasteiger partial charge >= 0.3 is 5.97 Å². The van der Waals surface area contributed by atoms with Gasteiger partial charge < -0.3 is 9.15 Å². The molecule has 0 amide bonds. The van der Waals surface area contributed by atoms with E-state index in [0.29, 0.717) is 5.89 Å². The van der Waals surface area contributed by atoms with E-state index in [0.717, 1.165) is 19.3 Å². The average molecular weight is 181 g/mol. The highest BCUT2D eigenvalue weighted by Crippen LogP contribution is 2.22. The highest BCUT2D eigenvalue weighted by Gasteiger charge is 2.23. The minimum atomic E-state index is -0.374. The Bertz CT molecular complexity index is 314. The lowest BCUT2D eigenvalue weighted by Crippen LogP contribution is -2.25. The standard InChI is InChI=1S/C9H11NO3/c1-6-10-8(5-12-6)9(11)13-7-3-2-4-7/h5,7H,2-4H2,1H3. The van der Waals surface area contributed by atoms with Gasteiger partial charge in [0.2, 0.25) is 0 Å². The second-order valence-electron chi connectivity index (χ2n) is 3.21. The van der Waals surface area contributed by atoms with E-state index in [1.165, 1.54) is 6.26 Å². The number of carbonyl (C=O) groups excluding carboxylic acids is 1. The molecule has 0 bridgehead atoms. The van der Waals surface area contributed by atoms with Crippen LogP contribution in [0.5, 0.6) is 0 Å². The summed E-state index contributed by atoms with van der Waals surface area (Å²) in [6, 6.07) is 0. The zero-order chi connectivity index (χ0) is 9.26. The first-order valence-corrected chi connectivity index (χ1v) is 4.39. The van der Waals surface area contributed by atoms with Gasteiger partial charge in [0, 0.05) is 6.92 Å². The maximum absolute atomic E-state index is 11.3. The van der Waals surface area contributed by atoms with E-state index in [9.17, 15) is 4.79 Å². The summed E-state index contributed by atoms with van der Waals surface area (Å²) in [7, 11) is 0. The molecule has 0 N–H and O–H groups in total. The van der Waals surface area contributed by atoms with Crippen LogP contribution >= 0.6 is 0 Å². The monoisotopic (exact) mass is 181 g/mol. The maximum Gasteiger partial charge on any atom is 0.360 e. The van der Waals surface area contributed by atoms with E-state index in [1.54, 1.807) is 6.92 Å². The van der Waals surface area contributed by atoms with Gasteiger partial charge in [-0.15, -0.1) is 0 Å². The van der Waals surface area contributed by atoms with Crippen molar-refractivity contribution in [3.05, 3.63) is 17.8 Å². The van der Waals surface area contributed by atoms with Crippen molar-refractivity contribution in [1.82, 2.24) is 4.98 Å². The van der Waals surface area contributed by atoms with E-state index in [2.05, 4.69) is 4.98 Å². The predicted octanol–water partition coefficient (Wildman–Crippen LogP) is 1.69. The summed E-state index contributed by atoms with van der Waals surface area (Å²) in [5.74, 6) is 0.113. The molecule has 1 aliphatic rings. The number of aromatic nitrogens is 1. The molecule has 4 nitrogen and oxygen atoms in total. The van der Waals surface area contributed by atoms with Gasteiger partial charge in [-0.3, -0.25) is 0 Å². The Kier molecular flexibility index (Phi) is 2.04. The molecule has 1 aliphatic carbocycles. The highest BCUT2D eigenvalue weighted by molar-refractivity contribution is 5.86. The quantitative estimate of drug-likeness (QED) is 0.651. The highest BCUT2D eigenvalue weighted by atomic mass is 16.5. The van der Waals surface area contributed by atoms with Crippen molar-refractivity contribution in [2.24, 2.45) is 0 Å². The zero-order valence-corrected chi connectivity index (χ0v) is 7.45. The van der Waals surface area contributed by atoms with Crippen LogP contribution in [-0.2, 0) is 4.74 Å². The van der Waals surface area contributed by atoms with Crippen LogP contribution < -0.4 is 0 Å². The Balaban J connectivity index is 1.96. The number of ether oxygens (including phenoxy) is 1. The third kappa shape index (κ3) is 1.71. The van der Waals surface area contributed by atoms with Crippen LogP contribution in [0, 0.1) is 6.92 Å².